The van der Waals surface area contributed by atoms with E-state index >= 15 is 0 Å². The number of aromatic nitrogens is 2. The molecule has 0 unspecified atom stereocenters. The van der Waals surface area contributed by atoms with E-state index < -0.39 is 0 Å². The van der Waals surface area contributed by atoms with Gasteiger partial charge in [0.2, 0.25) is 0 Å². The lowest BCUT2D eigenvalue weighted by atomic mass is 10.1. The zero-order valence-electron chi connectivity index (χ0n) is 9.37. The number of hydrogen-bond acceptors (Lipinski definition) is 2. The molecule has 0 spiro atoms. The number of anilines is 1. The highest BCUT2D eigenvalue weighted by Crippen LogP contribution is 2.19. The first-order valence-electron chi connectivity index (χ1n) is 5.11. The SMILES string of the molecule is Cc1ccc(Cn2ncc(Cl)c2N)c(C)c1. The first-order chi connectivity index (χ1) is 7.58. The van der Waals surface area contributed by atoms with E-state index in [2.05, 4.69) is 37.1 Å². The van der Waals surface area contributed by atoms with Crippen LogP contribution in [0, 0.1) is 13.8 Å². The van der Waals surface area contributed by atoms with Gasteiger partial charge in [0, 0.05) is 0 Å². The summed E-state index contributed by atoms with van der Waals surface area (Å²) in [5.41, 5.74) is 9.50. The van der Waals surface area contributed by atoms with E-state index in [0.29, 0.717) is 17.4 Å². The summed E-state index contributed by atoms with van der Waals surface area (Å²) in [6.07, 6.45) is 1.57. The van der Waals surface area contributed by atoms with Gasteiger partial charge >= 0.3 is 0 Å². The average molecular weight is 236 g/mol. The van der Waals surface area contributed by atoms with Crippen molar-refractivity contribution < 1.29 is 0 Å². The van der Waals surface area contributed by atoms with Crippen LogP contribution in [0.3, 0.4) is 0 Å². The number of nitrogens with zero attached hydrogens (tertiary/aromatic N) is 2. The molecule has 2 aromatic rings. The third-order valence-corrected chi connectivity index (χ3v) is 2.94. The highest BCUT2D eigenvalue weighted by Gasteiger charge is 2.06. The minimum atomic E-state index is 0.504. The number of nitrogen functional groups attached to an aromatic ring is 1. The largest absolute Gasteiger partial charge is 0.383 e. The molecular weight excluding hydrogens is 222 g/mol. The molecule has 16 heavy (non-hydrogen) atoms. The van der Waals surface area contributed by atoms with Crippen LogP contribution in [0.4, 0.5) is 5.82 Å². The Labute approximate surface area is 99.8 Å². The minimum absolute atomic E-state index is 0.504. The number of rotatable bonds is 2. The molecule has 0 bridgehead atoms. The molecule has 84 valence electrons. The van der Waals surface area contributed by atoms with Crippen LogP contribution >= 0.6 is 11.6 Å². The van der Waals surface area contributed by atoms with Crippen molar-refractivity contribution in [1.29, 1.82) is 0 Å². The van der Waals surface area contributed by atoms with Crippen LogP contribution in [0.5, 0.6) is 0 Å². The lowest BCUT2D eigenvalue weighted by Crippen LogP contribution is -2.07. The van der Waals surface area contributed by atoms with Crippen molar-refractivity contribution in [2.24, 2.45) is 0 Å². The van der Waals surface area contributed by atoms with Crippen LogP contribution < -0.4 is 5.73 Å². The average Bonchev–Trinajstić information content (AvgIpc) is 2.54. The van der Waals surface area contributed by atoms with Gasteiger partial charge in [-0.3, -0.25) is 0 Å². The first kappa shape index (κ1) is 11.0. The fraction of sp³-hybridized carbons (Fsp3) is 0.250. The Morgan fingerprint density at radius 1 is 1.38 bits per heavy atom. The maximum Gasteiger partial charge on any atom is 0.140 e. The number of aryl methyl sites for hydroxylation is 2. The Balaban J connectivity index is 2.30. The summed E-state index contributed by atoms with van der Waals surface area (Å²) in [6, 6.07) is 6.33. The minimum Gasteiger partial charge on any atom is -0.383 e. The van der Waals surface area contributed by atoms with Gasteiger partial charge in [-0.15, -0.1) is 0 Å². The van der Waals surface area contributed by atoms with Gasteiger partial charge in [-0.1, -0.05) is 35.4 Å². The molecule has 2 N–H and O–H groups in total. The van der Waals surface area contributed by atoms with Crippen LogP contribution in [0.15, 0.2) is 24.4 Å². The summed E-state index contributed by atoms with van der Waals surface area (Å²) in [6.45, 7) is 4.82. The zero-order valence-corrected chi connectivity index (χ0v) is 10.1. The Hall–Kier alpha value is -1.48. The van der Waals surface area contributed by atoms with Gasteiger partial charge < -0.3 is 5.73 Å². The predicted molar refractivity (Wildman–Crippen MR) is 66.7 cm³/mol. The van der Waals surface area contributed by atoms with Crippen LogP contribution in [-0.2, 0) is 6.54 Å². The van der Waals surface area contributed by atoms with Crippen LogP contribution in [0.1, 0.15) is 16.7 Å². The van der Waals surface area contributed by atoms with Gasteiger partial charge in [0.05, 0.1) is 12.7 Å². The molecule has 1 heterocycles. The summed E-state index contributed by atoms with van der Waals surface area (Å²) in [5.74, 6) is 0.515. The molecule has 1 aromatic carbocycles. The number of benzene rings is 1. The summed E-state index contributed by atoms with van der Waals surface area (Å²) in [7, 11) is 0. The van der Waals surface area contributed by atoms with Crippen molar-refractivity contribution in [3.8, 4) is 0 Å². The second-order valence-corrected chi connectivity index (χ2v) is 4.37. The third kappa shape index (κ3) is 2.04. The third-order valence-electron chi connectivity index (χ3n) is 2.65. The van der Waals surface area contributed by atoms with Gasteiger partial charge in [-0.25, -0.2) is 4.68 Å². The maximum atomic E-state index is 5.85. The molecule has 1 aromatic heterocycles. The summed E-state index contributed by atoms with van der Waals surface area (Å²) in [5, 5.41) is 4.64. The smallest absolute Gasteiger partial charge is 0.140 e. The van der Waals surface area contributed by atoms with Crippen molar-refractivity contribution in [3.63, 3.8) is 0 Å². The van der Waals surface area contributed by atoms with E-state index in [4.69, 9.17) is 17.3 Å². The number of hydrogen-bond donors (Lipinski definition) is 1. The quantitative estimate of drug-likeness (QED) is 0.870. The molecule has 4 heteroatoms. The van der Waals surface area contributed by atoms with E-state index in [9.17, 15) is 0 Å². The van der Waals surface area contributed by atoms with Crippen molar-refractivity contribution in [2.45, 2.75) is 20.4 Å². The molecule has 0 radical (unpaired) electrons. The van der Waals surface area contributed by atoms with Crippen LogP contribution in [0.25, 0.3) is 0 Å². The molecule has 0 saturated heterocycles. The fourth-order valence-corrected chi connectivity index (χ4v) is 1.82. The van der Waals surface area contributed by atoms with E-state index in [1.807, 2.05) is 0 Å². The molecule has 0 amide bonds. The van der Waals surface area contributed by atoms with E-state index in [0.717, 1.165) is 0 Å². The van der Waals surface area contributed by atoms with Gasteiger partial charge in [-0.05, 0) is 25.0 Å². The normalized spacial score (nSPS) is 10.7. The van der Waals surface area contributed by atoms with Crippen molar-refractivity contribution in [2.75, 3.05) is 5.73 Å². The Morgan fingerprint density at radius 2 is 2.12 bits per heavy atom. The maximum absolute atomic E-state index is 5.85. The molecule has 0 aliphatic heterocycles. The van der Waals surface area contributed by atoms with Gasteiger partial charge in [0.15, 0.2) is 0 Å². The van der Waals surface area contributed by atoms with E-state index in [1.54, 1.807) is 10.9 Å². The monoisotopic (exact) mass is 235 g/mol. The summed E-state index contributed by atoms with van der Waals surface area (Å²) in [4.78, 5) is 0. The topological polar surface area (TPSA) is 43.8 Å². The summed E-state index contributed by atoms with van der Waals surface area (Å²) < 4.78 is 1.71. The molecule has 0 aliphatic rings. The Morgan fingerprint density at radius 3 is 2.69 bits per heavy atom. The lowest BCUT2D eigenvalue weighted by Gasteiger charge is -2.08. The van der Waals surface area contributed by atoms with E-state index in [1.165, 1.54) is 16.7 Å². The van der Waals surface area contributed by atoms with Gasteiger partial charge in [0.25, 0.3) is 0 Å². The Kier molecular flexibility index (Phi) is 2.88. The van der Waals surface area contributed by atoms with Crippen molar-refractivity contribution in [1.82, 2.24) is 9.78 Å². The zero-order chi connectivity index (χ0) is 11.7. The number of nitrogens with two attached hydrogens (primary N) is 1. The second-order valence-electron chi connectivity index (χ2n) is 3.97. The number of halogens is 1. The highest BCUT2D eigenvalue weighted by atomic mass is 35.5. The van der Waals surface area contributed by atoms with E-state index in [-0.39, 0.29) is 0 Å². The molecule has 0 saturated carbocycles. The van der Waals surface area contributed by atoms with Gasteiger partial charge in [-0.2, -0.15) is 5.10 Å². The molecule has 0 atom stereocenters. The second kappa shape index (κ2) is 4.18. The fourth-order valence-electron chi connectivity index (χ4n) is 1.68. The molecule has 0 aliphatic carbocycles. The van der Waals surface area contributed by atoms with Crippen molar-refractivity contribution in [3.05, 3.63) is 46.1 Å². The van der Waals surface area contributed by atoms with Crippen LogP contribution in [-0.4, -0.2) is 9.78 Å². The predicted octanol–water partition coefficient (Wildman–Crippen LogP) is 2.78. The molecule has 3 nitrogen and oxygen atoms in total. The van der Waals surface area contributed by atoms with Crippen LogP contribution in [0.2, 0.25) is 5.02 Å². The molecular formula is C12H14ClN3. The van der Waals surface area contributed by atoms with Crippen molar-refractivity contribution >= 4 is 17.4 Å². The lowest BCUT2D eigenvalue weighted by molar-refractivity contribution is 0.694. The summed E-state index contributed by atoms with van der Waals surface area (Å²) >= 11 is 5.85. The standard InChI is InChI=1S/C12H14ClN3/c1-8-3-4-10(9(2)5-8)7-16-12(14)11(13)6-15-16/h3-6H,7,14H2,1-2H3. The molecule has 2 rings (SSSR count). The highest BCUT2D eigenvalue weighted by molar-refractivity contribution is 6.32. The van der Waals surface area contributed by atoms with Gasteiger partial charge in [0.1, 0.15) is 10.8 Å². The Bertz CT molecular complexity index is 517. The molecule has 0 fully saturated rings. The first-order valence-corrected chi connectivity index (χ1v) is 5.48.